The third-order valence-electron chi connectivity index (χ3n) is 4.46. The van der Waals surface area contributed by atoms with E-state index in [1.807, 2.05) is 13.8 Å². The number of thiol groups is 1. The van der Waals surface area contributed by atoms with Crippen LogP contribution in [0.4, 0.5) is 0 Å². The van der Waals surface area contributed by atoms with Gasteiger partial charge in [-0.15, -0.1) is 0 Å². The number of nitrogens with zero attached hydrogens (tertiary/aromatic N) is 1. The predicted molar refractivity (Wildman–Crippen MR) is 74.5 cm³/mol. The molecule has 1 saturated carbocycles. The molecule has 0 aromatic rings. The molecule has 1 aliphatic heterocycles. The van der Waals surface area contributed by atoms with Crippen molar-refractivity contribution in [3.8, 4) is 0 Å². The first kappa shape index (κ1) is 14.2. The van der Waals surface area contributed by atoms with E-state index in [4.69, 9.17) is 0 Å². The van der Waals surface area contributed by atoms with Gasteiger partial charge in [-0.1, -0.05) is 13.3 Å². The summed E-state index contributed by atoms with van der Waals surface area (Å²) in [5.74, 6) is 0.116. The van der Waals surface area contributed by atoms with E-state index in [-0.39, 0.29) is 22.7 Å². The van der Waals surface area contributed by atoms with E-state index in [0.29, 0.717) is 6.54 Å². The van der Waals surface area contributed by atoms with Crippen molar-refractivity contribution in [1.29, 1.82) is 0 Å². The Balaban J connectivity index is 1.85. The van der Waals surface area contributed by atoms with Crippen LogP contribution in [0.25, 0.3) is 0 Å². The molecule has 3 unspecified atom stereocenters. The van der Waals surface area contributed by atoms with Gasteiger partial charge in [0.25, 0.3) is 0 Å². The Morgan fingerprint density at radius 1 is 1.56 bits per heavy atom. The summed E-state index contributed by atoms with van der Waals surface area (Å²) in [6.45, 7) is 5.49. The zero-order chi connectivity index (χ0) is 13.3. The van der Waals surface area contributed by atoms with E-state index >= 15 is 0 Å². The number of hydrogen-bond donors (Lipinski definition) is 3. The smallest absolute Gasteiger partial charge is 0.226 e. The van der Waals surface area contributed by atoms with Crippen LogP contribution in [0.15, 0.2) is 0 Å². The van der Waals surface area contributed by atoms with Gasteiger partial charge in [0, 0.05) is 23.9 Å². The lowest BCUT2D eigenvalue weighted by Gasteiger charge is -2.41. The first-order valence-electron chi connectivity index (χ1n) is 6.83. The van der Waals surface area contributed by atoms with Crippen LogP contribution in [0.2, 0.25) is 0 Å². The number of aliphatic hydroxyl groups excluding tert-OH is 1. The maximum absolute atomic E-state index is 12.1. The van der Waals surface area contributed by atoms with E-state index in [1.54, 1.807) is 0 Å². The summed E-state index contributed by atoms with van der Waals surface area (Å²) in [4.78, 5) is 14.3. The molecule has 2 fully saturated rings. The van der Waals surface area contributed by atoms with E-state index in [1.165, 1.54) is 0 Å². The van der Waals surface area contributed by atoms with E-state index in [0.717, 1.165) is 32.2 Å². The van der Waals surface area contributed by atoms with Gasteiger partial charge >= 0.3 is 0 Å². The molecule has 5 heteroatoms. The summed E-state index contributed by atoms with van der Waals surface area (Å²) in [6, 6.07) is -0.0988. The number of aliphatic hydroxyl groups is 1. The van der Waals surface area contributed by atoms with Gasteiger partial charge in [0.05, 0.1) is 12.1 Å². The van der Waals surface area contributed by atoms with E-state index in [9.17, 15) is 9.90 Å². The van der Waals surface area contributed by atoms with Gasteiger partial charge < -0.3 is 10.4 Å². The fourth-order valence-corrected chi connectivity index (χ4v) is 2.95. The number of piperidine rings is 1. The van der Waals surface area contributed by atoms with Crippen LogP contribution in [-0.4, -0.2) is 46.5 Å². The van der Waals surface area contributed by atoms with E-state index in [2.05, 4.69) is 22.8 Å². The van der Waals surface area contributed by atoms with Gasteiger partial charge in [0.2, 0.25) is 5.91 Å². The molecule has 1 aliphatic carbocycles. The number of hydrogen-bond acceptors (Lipinski definition) is 4. The van der Waals surface area contributed by atoms with Gasteiger partial charge in [0.1, 0.15) is 0 Å². The highest BCUT2D eigenvalue weighted by Gasteiger charge is 2.41. The van der Waals surface area contributed by atoms with Gasteiger partial charge in [0.15, 0.2) is 0 Å². The van der Waals surface area contributed by atoms with E-state index < -0.39 is 6.10 Å². The fraction of sp³-hybridized carbons (Fsp3) is 0.923. The molecule has 0 aromatic carbocycles. The largest absolute Gasteiger partial charge is 0.390 e. The summed E-state index contributed by atoms with van der Waals surface area (Å²) < 4.78 is 0. The monoisotopic (exact) mass is 272 g/mol. The molecule has 1 heterocycles. The summed E-state index contributed by atoms with van der Waals surface area (Å²) >= 11 is 4.38. The number of nitrogens with one attached hydrogen (secondary N) is 1. The highest BCUT2D eigenvalue weighted by atomic mass is 32.1. The van der Waals surface area contributed by atoms with Crippen molar-refractivity contribution in [3.63, 3.8) is 0 Å². The lowest BCUT2D eigenvalue weighted by atomic mass is 9.69. The van der Waals surface area contributed by atoms with Gasteiger partial charge in [-0.05, 0) is 26.2 Å². The molecule has 0 bridgehead atoms. The van der Waals surface area contributed by atoms with Gasteiger partial charge in [-0.2, -0.15) is 12.6 Å². The minimum Gasteiger partial charge on any atom is -0.390 e. The Hall–Kier alpha value is -0.260. The van der Waals surface area contributed by atoms with Crippen LogP contribution >= 0.6 is 12.6 Å². The standard InChI is InChI=1S/C13H24N2O2S/c1-9(18)15-7-4-10(11(16)8-15)14-12(17)13(2)5-3-6-13/h9-11,16,18H,3-8H2,1-2H3,(H,14,17). The molecule has 0 radical (unpaired) electrons. The summed E-state index contributed by atoms with van der Waals surface area (Å²) in [5, 5.41) is 13.3. The predicted octanol–water partition coefficient (Wildman–Crippen LogP) is 1.00. The number of likely N-dealkylation sites (tertiary alicyclic amines) is 1. The number of β-amino-alcohol motifs (C(OH)–C–C–N with tert-alkyl or cyclic N) is 1. The highest BCUT2D eigenvalue weighted by molar-refractivity contribution is 7.80. The number of rotatable bonds is 3. The topological polar surface area (TPSA) is 52.6 Å². The highest BCUT2D eigenvalue weighted by Crippen LogP contribution is 2.40. The minimum absolute atomic E-state index is 0.0988. The molecule has 0 spiro atoms. The molecule has 1 amide bonds. The lowest BCUT2D eigenvalue weighted by molar-refractivity contribution is -0.137. The third kappa shape index (κ3) is 2.83. The van der Waals surface area contributed by atoms with Crippen molar-refractivity contribution in [2.45, 2.75) is 57.1 Å². The maximum atomic E-state index is 12.1. The number of carbonyl (C=O) groups is 1. The number of carbonyl (C=O) groups excluding carboxylic acids is 1. The van der Waals surface area contributed by atoms with Crippen molar-refractivity contribution < 1.29 is 9.90 Å². The second kappa shape index (κ2) is 5.39. The summed E-state index contributed by atoms with van der Waals surface area (Å²) in [6.07, 6.45) is 3.40. The molecule has 18 heavy (non-hydrogen) atoms. The molecule has 4 nitrogen and oxygen atoms in total. The average molecular weight is 272 g/mol. The van der Waals surface area contributed by atoms with Crippen molar-refractivity contribution in [2.75, 3.05) is 13.1 Å². The molecular weight excluding hydrogens is 248 g/mol. The Bertz CT molecular complexity index is 318. The van der Waals surface area contributed by atoms with Crippen LogP contribution in [0.3, 0.4) is 0 Å². The minimum atomic E-state index is -0.485. The third-order valence-corrected chi connectivity index (χ3v) is 4.79. The first-order chi connectivity index (χ1) is 8.42. The normalized spacial score (nSPS) is 33.6. The second-order valence-electron chi connectivity index (χ2n) is 5.98. The SMILES string of the molecule is CC(S)N1CCC(NC(=O)C2(C)CCC2)C(O)C1. The molecule has 2 aliphatic rings. The molecule has 2 rings (SSSR count). The average Bonchev–Trinajstić information content (AvgIpc) is 2.28. The van der Waals surface area contributed by atoms with Crippen molar-refractivity contribution in [3.05, 3.63) is 0 Å². The summed E-state index contributed by atoms with van der Waals surface area (Å²) in [7, 11) is 0. The Morgan fingerprint density at radius 2 is 2.22 bits per heavy atom. The molecular formula is C13H24N2O2S. The van der Waals surface area contributed by atoms with Crippen LogP contribution in [0.1, 0.15) is 39.5 Å². The first-order valence-corrected chi connectivity index (χ1v) is 7.35. The van der Waals surface area contributed by atoms with Crippen molar-refractivity contribution in [1.82, 2.24) is 10.2 Å². The Kier molecular flexibility index (Phi) is 4.24. The fourth-order valence-electron chi connectivity index (χ4n) is 2.74. The molecule has 2 N–H and O–H groups in total. The zero-order valence-corrected chi connectivity index (χ0v) is 12.1. The second-order valence-corrected chi connectivity index (χ2v) is 6.72. The lowest BCUT2D eigenvalue weighted by Crippen LogP contribution is -2.57. The Labute approximate surface area is 115 Å². The van der Waals surface area contributed by atoms with Crippen molar-refractivity contribution in [2.24, 2.45) is 5.41 Å². The maximum Gasteiger partial charge on any atom is 0.226 e. The van der Waals surface area contributed by atoms with Crippen LogP contribution in [0.5, 0.6) is 0 Å². The van der Waals surface area contributed by atoms with Crippen LogP contribution in [-0.2, 0) is 4.79 Å². The quantitative estimate of drug-likeness (QED) is 0.672. The molecule has 104 valence electrons. The van der Waals surface area contributed by atoms with Gasteiger partial charge in [-0.25, -0.2) is 0 Å². The molecule has 0 aromatic heterocycles. The molecule has 1 saturated heterocycles. The van der Waals surface area contributed by atoms with Crippen LogP contribution < -0.4 is 5.32 Å². The van der Waals surface area contributed by atoms with Gasteiger partial charge in [-0.3, -0.25) is 9.69 Å². The zero-order valence-electron chi connectivity index (χ0n) is 11.2. The van der Waals surface area contributed by atoms with Crippen molar-refractivity contribution >= 4 is 18.5 Å². The summed E-state index contributed by atoms with van der Waals surface area (Å²) in [5.41, 5.74) is -0.187. The Morgan fingerprint density at radius 3 is 2.67 bits per heavy atom. The van der Waals surface area contributed by atoms with Crippen LogP contribution in [0, 0.1) is 5.41 Å². The molecule has 3 atom stereocenters. The number of amides is 1.